The maximum absolute atomic E-state index is 12.7. The smallest absolute Gasteiger partial charge is 0.255 e. The third-order valence-corrected chi connectivity index (χ3v) is 5.29. The molecule has 0 saturated carbocycles. The molecule has 0 unspecified atom stereocenters. The molecule has 2 amide bonds. The second-order valence-corrected chi connectivity index (χ2v) is 7.52. The highest BCUT2D eigenvalue weighted by atomic mass is 16.5. The molecular formula is C23H28N2O3. The van der Waals surface area contributed by atoms with Crippen molar-refractivity contribution in [1.82, 2.24) is 10.2 Å². The second kappa shape index (κ2) is 8.91. The number of piperidine rings is 1. The van der Waals surface area contributed by atoms with Crippen molar-refractivity contribution in [2.24, 2.45) is 0 Å². The van der Waals surface area contributed by atoms with Gasteiger partial charge in [-0.3, -0.25) is 9.59 Å². The van der Waals surface area contributed by atoms with Crippen LogP contribution in [0.15, 0.2) is 48.5 Å². The number of methoxy groups -OCH3 is 1. The van der Waals surface area contributed by atoms with E-state index in [1.807, 2.05) is 41.3 Å². The van der Waals surface area contributed by atoms with E-state index in [9.17, 15) is 9.59 Å². The van der Waals surface area contributed by atoms with Gasteiger partial charge in [-0.15, -0.1) is 0 Å². The minimum atomic E-state index is -0.133. The molecule has 1 fully saturated rings. The van der Waals surface area contributed by atoms with Crippen molar-refractivity contribution in [3.05, 3.63) is 65.2 Å². The van der Waals surface area contributed by atoms with Gasteiger partial charge in [0, 0.05) is 24.7 Å². The number of rotatable bonds is 5. The van der Waals surface area contributed by atoms with Crippen LogP contribution in [0.4, 0.5) is 0 Å². The molecular weight excluding hydrogens is 352 g/mol. The fraction of sp³-hybridized carbons (Fsp3) is 0.391. The zero-order chi connectivity index (χ0) is 20.1. The van der Waals surface area contributed by atoms with Crippen molar-refractivity contribution >= 4 is 11.8 Å². The summed E-state index contributed by atoms with van der Waals surface area (Å²) in [7, 11) is 1.56. The Balaban J connectivity index is 1.55. The van der Waals surface area contributed by atoms with E-state index >= 15 is 0 Å². The molecule has 5 heteroatoms. The lowest BCUT2D eigenvalue weighted by Crippen LogP contribution is -2.46. The van der Waals surface area contributed by atoms with E-state index in [1.165, 1.54) is 5.56 Å². The first kappa shape index (κ1) is 19.9. The van der Waals surface area contributed by atoms with Crippen LogP contribution < -0.4 is 10.1 Å². The summed E-state index contributed by atoms with van der Waals surface area (Å²) < 4.78 is 5.26. The molecule has 1 heterocycles. The van der Waals surface area contributed by atoms with Gasteiger partial charge < -0.3 is 15.0 Å². The Labute approximate surface area is 166 Å². The SMILES string of the molecule is COc1ccccc1C(=O)NC1CCN(C(=O)c2ccc(C(C)C)cc2)CC1. The number of para-hydroxylation sites is 1. The molecule has 2 aromatic carbocycles. The lowest BCUT2D eigenvalue weighted by Gasteiger charge is -2.32. The van der Waals surface area contributed by atoms with Gasteiger partial charge in [-0.05, 0) is 48.6 Å². The highest BCUT2D eigenvalue weighted by molar-refractivity contribution is 5.97. The Morgan fingerprint density at radius 1 is 1.04 bits per heavy atom. The highest BCUT2D eigenvalue weighted by Crippen LogP contribution is 2.20. The number of ether oxygens (including phenoxy) is 1. The highest BCUT2D eigenvalue weighted by Gasteiger charge is 2.25. The molecule has 1 N–H and O–H groups in total. The molecule has 0 atom stereocenters. The van der Waals surface area contributed by atoms with E-state index in [4.69, 9.17) is 4.74 Å². The van der Waals surface area contributed by atoms with Crippen LogP contribution in [0.3, 0.4) is 0 Å². The van der Waals surface area contributed by atoms with E-state index in [-0.39, 0.29) is 17.9 Å². The molecule has 0 spiro atoms. The number of hydrogen-bond acceptors (Lipinski definition) is 3. The Hall–Kier alpha value is -2.82. The third kappa shape index (κ3) is 4.53. The molecule has 5 nitrogen and oxygen atoms in total. The van der Waals surface area contributed by atoms with Crippen LogP contribution in [-0.4, -0.2) is 43.0 Å². The zero-order valence-electron chi connectivity index (χ0n) is 16.8. The first-order valence-corrected chi connectivity index (χ1v) is 9.82. The number of benzene rings is 2. The number of carbonyl (C=O) groups excluding carboxylic acids is 2. The molecule has 3 rings (SSSR count). The molecule has 0 aromatic heterocycles. The summed E-state index contributed by atoms with van der Waals surface area (Å²) in [6, 6.07) is 15.1. The Bertz CT molecular complexity index is 822. The Kier molecular flexibility index (Phi) is 6.34. The zero-order valence-corrected chi connectivity index (χ0v) is 16.8. The van der Waals surface area contributed by atoms with E-state index in [1.54, 1.807) is 19.2 Å². The monoisotopic (exact) mass is 380 g/mol. The number of nitrogens with zero attached hydrogens (tertiary/aromatic N) is 1. The fourth-order valence-electron chi connectivity index (χ4n) is 3.52. The number of likely N-dealkylation sites (tertiary alicyclic amines) is 1. The molecule has 0 aliphatic carbocycles. The quantitative estimate of drug-likeness (QED) is 0.857. The largest absolute Gasteiger partial charge is 0.496 e. The van der Waals surface area contributed by atoms with Gasteiger partial charge in [-0.2, -0.15) is 0 Å². The summed E-state index contributed by atoms with van der Waals surface area (Å²) >= 11 is 0. The van der Waals surface area contributed by atoms with Crippen LogP contribution >= 0.6 is 0 Å². The normalized spacial score (nSPS) is 14.8. The molecule has 1 aliphatic rings. The van der Waals surface area contributed by atoms with Gasteiger partial charge in [-0.25, -0.2) is 0 Å². The van der Waals surface area contributed by atoms with Crippen LogP contribution in [0.1, 0.15) is 58.9 Å². The van der Waals surface area contributed by atoms with Gasteiger partial charge in [-0.1, -0.05) is 38.1 Å². The van der Waals surface area contributed by atoms with Gasteiger partial charge in [0.25, 0.3) is 11.8 Å². The number of nitrogens with one attached hydrogen (secondary N) is 1. The maximum Gasteiger partial charge on any atom is 0.255 e. The van der Waals surface area contributed by atoms with E-state index in [2.05, 4.69) is 19.2 Å². The number of hydrogen-bond donors (Lipinski definition) is 1. The number of amides is 2. The first-order chi connectivity index (χ1) is 13.5. The van der Waals surface area contributed by atoms with Crippen LogP contribution in [-0.2, 0) is 0 Å². The predicted octanol–water partition coefficient (Wildman–Crippen LogP) is 3.85. The van der Waals surface area contributed by atoms with Crippen molar-refractivity contribution < 1.29 is 14.3 Å². The van der Waals surface area contributed by atoms with Gasteiger partial charge in [0.1, 0.15) is 5.75 Å². The molecule has 0 radical (unpaired) electrons. The van der Waals surface area contributed by atoms with Crippen LogP contribution in [0, 0.1) is 0 Å². The van der Waals surface area contributed by atoms with Crippen molar-refractivity contribution in [2.75, 3.05) is 20.2 Å². The molecule has 148 valence electrons. The second-order valence-electron chi connectivity index (χ2n) is 7.52. The predicted molar refractivity (Wildman–Crippen MR) is 110 cm³/mol. The van der Waals surface area contributed by atoms with E-state index < -0.39 is 0 Å². The van der Waals surface area contributed by atoms with Gasteiger partial charge >= 0.3 is 0 Å². The van der Waals surface area contributed by atoms with E-state index in [0.717, 1.165) is 18.4 Å². The Morgan fingerprint density at radius 3 is 2.29 bits per heavy atom. The van der Waals surface area contributed by atoms with Crippen LogP contribution in [0.2, 0.25) is 0 Å². The summed E-state index contributed by atoms with van der Waals surface area (Å²) in [6.45, 7) is 5.56. The molecule has 0 bridgehead atoms. The summed E-state index contributed by atoms with van der Waals surface area (Å²) in [5.41, 5.74) is 2.49. The molecule has 1 aliphatic heterocycles. The topological polar surface area (TPSA) is 58.6 Å². The summed E-state index contributed by atoms with van der Waals surface area (Å²) in [5, 5.41) is 3.07. The lowest BCUT2D eigenvalue weighted by molar-refractivity contribution is 0.0698. The van der Waals surface area contributed by atoms with Gasteiger partial charge in [0.05, 0.1) is 12.7 Å². The minimum Gasteiger partial charge on any atom is -0.496 e. The molecule has 28 heavy (non-hydrogen) atoms. The van der Waals surface area contributed by atoms with Gasteiger partial charge in [0.2, 0.25) is 0 Å². The van der Waals surface area contributed by atoms with Crippen LogP contribution in [0.5, 0.6) is 5.75 Å². The molecule has 1 saturated heterocycles. The summed E-state index contributed by atoms with van der Waals surface area (Å²) in [4.78, 5) is 27.2. The number of carbonyl (C=O) groups is 2. The first-order valence-electron chi connectivity index (χ1n) is 9.82. The van der Waals surface area contributed by atoms with Gasteiger partial charge in [0.15, 0.2) is 0 Å². The average molecular weight is 380 g/mol. The van der Waals surface area contributed by atoms with Crippen LogP contribution in [0.25, 0.3) is 0 Å². The summed E-state index contributed by atoms with van der Waals surface area (Å²) in [5.74, 6) is 0.945. The maximum atomic E-state index is 12.7. The Morgan fingerprint density at radius 2 is 1.68 bits per heavy atom. The lowest BCUT2D eigenvalue weighted by atomic mass is 10.00. The third-order valence-electron chi connectivity index (χ3n) is 5.29. The van der Waals surface area contributed by atoms with Crippen molar-refractivity contribution in [2.45, 2.75) is 38.6 Å². The fourth-order valence-corrected chi connectivity index (χ4v) is 3.52. The summed E-state index contributed by atoms with van der Waals surface area (Å²) in [6.07, 6.45) is 1.49. The average Bonchev–Trinajstić information content (AvgIpc) is 2.73. The molecule has 2 aromatic rings. The minimum absolute atomic E-state index is 0.0600. The van der Waals surface area contributed by atoms with Crippen molar-refractivity contribution in [1.29, 1.82) is 0 Å². The van der Waals surface area contributed by atoms with Crippen molar-refractivity contribution in [3.8, 4) is 5.75 Å². The van der Waals surface area contributed by atoms with E-state index in [0.29, 0.717) is 30.3 Å². The standard InChI is InChI=1S/C23H28N2O3/c1-16(2)17-8-10-18(11-9-17)23(27)25-14-12-19(13-15-25)24-22(26)20-6-4-5-7-21(20)28-3/h4-11,16,19H,12-15H2,1-3H3,(H,24,26). The van der Waals surface area contributed by atoms with Crippen molar-refractivity contribution in [3.63, 3.8) is 0 Å².